The minimum absolute atomic E-state index is 0.150. The van der Waals surface area contributed by atoms with Crippen molar-refractivity contribution in [3.63, 3.8) is 0 Å². The Bertz CT molecular complexity index is 237. The van der Waals surface area contributed by atoms with Gasteiger partial charge in [-0.05, 0) is 37.8 Å². The van der Waals surface area contributed by atoms with E-state index in [1.54, 1.807) is 0 Å². The molecule has 92 valence electrons. The fourth-order valence-electron chi connectivity index (χ4n) is 2.66. The minimum atomic E-state index is 0.150. The first-order chi connectivity index (χ1) is 7.76. The van der Waals surface area contributed by atoms with Gasteiger partial charge >= 0.3 is 0 Å². The highest BCUT2D eigenvalue weighted by Gasteiger charge is 2.38. The summed E-state index contributed by atoms with van der Waals surface area (Å²) in [4.78, 5) is 14.2. The van der Waals surface area contributed by atoms with Gasteiger partial charge in [0.05, 0.1) is 0 Å². The largest absolute Gasteiger partial charge is 0.341 e. The SMILES string of the molecule is NCC1(CC(=O)N2CCCNCC2)CCC1. The topological polar surface area (TPSA) is 58.4 Å². The van der Waals surface area contributed by atoms with Gasteiger partial charge in [-0.15, -0.1) is 0 Å². The molecule has 1 saturated heterocycles. The molecule has 2 rings (SSSR count). The van der Waals surface area contributed by atoms with E-state index < -0.39 is 0 Å². The maximum atomic E-state index is 12.2. The van der Waals surface area contributed by atoms with Gasteiger partial charge < -0.3 is 16.0 Å². The lowest BCUT2D eigenvalue weighted by atomic mass is 9.66. The van der Waals surface area contributed by atoms with E-state index in [2.05, 4.69) is 5.32 Å². The second kappa shape index (κ2) is 5.15. The van der Waals surface area contributed by atoms with E-state index in [0.29, 0.717) is 18.9 Å². The van der Waals surface area contributed by atoms with Crippen molar-refractivity contribution in [3.05, 3.63) is 0 Å². The first kappa shape index (κ1) is 11.9. The Morgan fingerprint density at radius 3 is 2.69 bits per heavy atom. The molecule has 0 spiro atoms. The van der Waals surface area contributed by atoms with E-state index in [4.69, 9.17) is 5.73 Å². The molecule has 1 amide bonds. The highest BCUT2D eigenvalue weighted by atomic mass is 16.2. The lowest BCUT2D eigenvalue weighted by Gasteiger charge is -2.41. The third-order valence-electron chi connectivity index (χ3n) is 4.07. The molecule has 0 aromatic rings. The molecule has 1 aliphatic heterocycles. The summed E-state index contributed by atoms with van der Waals surface area (Å²) >= 11 is 0. The van der Waals surface area contributed by atoms with Crippen molar-refractivity contribution in [1.29, 1.82) is 0 Å². The summed E-state index contributed by atoms with van der Waals surface area (Å²) in [5.41, 5.74) is 5.94. The fraction of sp³-hybridized carbons (Fsp3) is 0.917. The van der Waals surface area contributed by atoms with Crippen LogP contribution in [0.3, 0.4) is 0 Å². The van der Waals surface area contributed by atoms with Crippen molar-refractivity contribution < 1.29 is 4.79 Å². The normalized spacial score (nSPS) is 24.7. The first-order valence-corrected chi connectivity index (χ1v) is 6.44. The third-order valence-corrected chi connectivity index (χ3v) is 4.07. The summed E-state index contributed by atoms with van der Waals surface area (Å²) in [7, 11) is 0. The molecule has 0 aromatic heterocycles. The number of hydrogen-bond acceptors (Lipinski definition) is 3. The molecule has 4 nitrogen and oxygen atoms in total. The van der Waals surface area contributed by atoms with Crippen LogP contribution in [0.2, 0.25) is 0 Å². The smallest absolute Gasteiger partial charge is 0.223 e. The Hall–Kier alpha value is -0.610. The number of nitrogens with two attached hydrogens (primary N) is 1. The van der Waals surface area contributed by atoms with Gasteiger partial charge in [-0.3, -0.25) is 4.79 Å². The molecule has 0 unspecified atom stereocenters. The van der Waals surface area contributed by atoms with Crippen molar-refractivity contribution in [2.45, 2.75) is 32.1 Å². The molecule has 3 N–H and O–H groups in total. The number of nitrogens with one attached hydrogen (secondary N) is 1. The van der Waals surface area contributed by atoms with Crippen LogP contribution >= 0.6 is 0 Å². The van der Waals surface area contributed by atoms with Gasteiger partial charge in [0.25, 0.3) is 0 Å². The number of nitrogens with zero attached hydrogens (tertiary/aromatic N) is 1. The van der Waals surface area contributed by atoms with Gasteiger partial charge in [0.2, 0.25) is 5.91 Å². The Balaban J connectivity index is 1.86. The minimum Gasteiger partial charge on any atom is -0.341 e. The van der Waals surface area contributed by atoms with E-state index >= 15 is 0 Å². The van der Waals surface area contributed by atoms with Crippen LogP contribution in [0.5, 0.6) is 0 Å². The molecular formula is C12H23N3O. The molecular weight excluding hydrogens is 202 g/mol. The zero-order valence-corrected chi connectivity index (χ0v) is 10.0. The maximum absolute atomic E-state index is 12.2. The zero-order valence-electron chi connectivity index (χ0n) is 10.0. The molecule has 2 fully saturated rings. The zero-order chi connectivity index (χ0) is 11.4. The van der Waals surface area contributed by atoms with Gasteiger partial charge in [-0.2, -0.15) is 0 Å². The maximum Gasteiger partial charge on any atom is 0.223 e. The number of amides is 1. The lowest BCUT2D eigenvalue weighted by molar-refractivity contribution is -0.134. The summed E-state index contributed by atoms with van der Waals surface area (Å²) in [6.07, 6.45) is 5.26. The van der Waals surface area contributed by atoms with Gasteiger partial charge in [0.15, 0.2) is 0 Å². The fourth-order valence-corrected chi connectivity index (χ4v) is 2.66. The lowest BCUT2D eigenvalue weighted by Crippen LogP contribution is -2.44. The second-order valence-electron chi connectivity index (χ2n) is 5.22. The number of carbonyl (C=O) groups is 1. The Labute approximate surface area is 97.6 Å². The number of carbonyl (C=O) groups excluding carboxylic acids is 1. The second-order valence-corrected chi connectivity index (χ2v) is 5.22. The van der Waals surface area contributed by atoms with Crippen molar-refractivity contribution in [1.82, 2.24) is 10.2 Å². The van der Waals surface area contributed by atoms with E-state index in [-0.39, 0.29) is 5.41 Å². The highest BCUT2D eigenvalue weighted by molar-refractivity contribution is 5.77. The van der Waals surface area contributed by atoms with Crippen molar-refractivity contribution >= 4 is 5.91 Å². The average Bonchev–Trinajstić information content (AvgIpc) is 2.51. The Morgan fingerprint density at radius 2 is 2.06 bits per heavy atom. The predicted octanol–water partition coefficient (Wildman–Crippen LogP) is 0.327. The monoisotopic (exact) mass is 225 g/mol. The molecule has 0 aromatic carbocycles. The van der Waals surface area contributed by atoms with E-state index in [9.17, 15) is 4.79 Å². The average molecular weight is 225 g/mol. The van der Waals surface area contributed by atoms with Gasteiger partial charge in [-0.1, -0.05) is 6.42 Å². The van der Waals surface area contributed by atoms with Crippen molar-refractivity contribution in [2.24, 2.45) is 11.1 Å². The molecule has 16 heavy (non-hydrogen) atoms. The van der Waals surface area contributed by atoms with E-state index in [1.165, 1.54) is 6.42 Å². The molecule has 1 heterocycles. The van der Waals surface area contributed by atoms with Crippen LogP contribution in [-0.2, 0) is 4.79 Å². The molecule has 0 bridgehead atoms. The molecule has 0 atom stereocenters. The molecule has 0 radical (unpaired) electrons. The summed E-state index contributed by atoms with van der Waals surface area (Å²) in [5, 5.41) is 3.32. The summed E-state index contributed by atoms with van der Waals surface area (Å²) in [5.74, 6) is 0.314. The van der Waals surface area contributed by atoms with E-state index in [1.807, 2.05) is 4.90 Å². The van der Waals surface area contributed by atoms with Crippen LogP contribution in [0, 0.1) is 5.41 Å². The Kier molecular flexibility index (Phi) is 3.82. The Morgan fingerprint density at radius 1 is 1.25 bits per heavy atom. The standard InChI is InChI=1S/C12H23N3O/c13-10-12(3-1-4-12)9-11(16)15-7-2-5-14-6-8-15/h14H,1-10,13H2. The third kappa shape index (κ3) is 2.55. The summed E-state index contributed by atoms with van der Waals surface area (Å²) in [6.45, 7) is 4.41. The highest BCUT2D eigenvalue weighted by Crippen LogP contribution is 2.43. The van der Waals surface area contributed by atoms with Crippen LogP contribution in [0.1, 0.15) is 32.1 Å². The molecule has 4 heteroatoms. The van der Waals surface area contributed by atoms with Crippen LogP contribution in [-0.4, -0.2) is 43.5 Å². The first-order valence-electron chi connectivity index (χ1n) is 6.44. The van der Waals surface area contributed by atoms with Crippen molar-refractivity contribution in [2.75, 3.05) is 32.7 Å². The van der Waals surface area contributed by atoms with Gasteiger partial charge in [0, 0.05) is 26.1 Å². The number of rotatable bonds is 3. The van der Waals surface area contributed by atoms with Crippen LogP contribution in [0.15, 0.2) is 0 Å². The van der Waals surface area contributed by atoms with Crippen molar-refractivity contribution in [3.8, 4) is 0 Å². The van der Waals surface area contributed by atoms with E-state index in [0.717, 1.165) is 45.4 Å². The molecule has 1 aliphatic carbocycles. The summed E-state index contributed by atoms with van der Waals surface area (Å²) in [6, 6.07) is 0. The van der Waals surface area contributed by atoms with Crippen LogP contribution in [0.25, 0.3) is 0 Å². The van der Waals surface area contributed by atoms with Gasteiger partial charge in [-0.25, -0.2) is 0 Å². The predicted molar refractivity (Wildman–Crippen MR) is 64.0 cm³/mol. The number of hydrogen-bond donors (Lipinski definition) is 2. The van der Waals surface area contributed by atoms with Crippen LogP contribution in [0.4, 0.5) is 0 Å². The van der Waals surface area contributed by atoms with Gasteiger partial charge in [0.1, 0.15) is 0 Å². The summed E-state index contributed by atoms with van der Waals surface area (Å²) < 4.78 is 0. The molecule has 2 aliphatic rings. The quantitative estimate of drug-likeness (QED) is 0.727. The van der Waals surface area contributed by atoms with Crippen LogP contribution < -0.4 is 11.1 Å². The molecule has 1 saturated carbocycles.